The van der Waals surface area contributed by atoms with E-state index in [1.54, 1.807) is 42.5 Å². The summed E-state index contributed by atoms with van der Waals surface area (Å²) < 4.78 is 31.9. The van der Waals surface area contributed by atoms with Gasteiger partial charge < -0.3 is 15.4 Å². The maximum absolute atomic E-state index is 13.1. The molecule has 9 heteroatoms. The summed E-state index contributed by atoms with van der Waals surface area (Å²) in [7, 11) is -3.55. The Morgan fingerprint density at radius 1 is 1.19 bits per heavy atom. The van der Waals surface area contributed by atoms with Gasteiger partial charge in [-0.2, -0.15) is 0 Å². The van der Waals surface area contributed by atoms with E-state index >= 15 is 0 Å². The number of amides is 2. The maximum Gasteiger partial charge on any atom is 0.265 e. The van der Waals surface area contributed by atoms with Crippen molar-refractivity contribution in [2.75, 3.05) is 29.0 Å². The minimum Gasteiger partial charge on any atom is -0.478 e. The van der Waals surface area contributed by atoms with Crippen molar-refractivity contribution >= 4 is 33.2 Å². The van der Waals surface area contributed by atoms with Crippen LogP contribution in [0.2, 0.25) is 0 Å². The third-order valence-electron chi connectivity index (χ3n) is 5.04. The van der Waals surface area contributed by atoms with Gasteiger partial charge in [-0.1, -0.05) is 32.0 Å². The number of hydrogen-bond donors (Lipinski definition) is 2. The topological polar surface area (TPSA) is 105 Å². The van der Waals surface area contributed by atoms with Gasteiger partial charge in [-0.3, -0.25) is 13.9 Å². The minimum atomic E-state index is -3.55. The first kappa shape index (κ1) is 23.6. The number of fused-ring (bicyclic) bond motifs is 1. The lowest BCUT2D eigenvalue weighted by atomic mass is 10.1. The molecule has 1 aliphatic heterocycles. The van der Waals surface area contributed by atoms with Crippen LogP contribution < -0.4 is 19.7 Å². The molecule has 172 valence electrons. The highest BCUT2D eigenvalue weighted by molar-refractivity contribution is 7.92. The van der Waals surface area contributed by atoms with Gasteiger partial charge >= 0.3 is 0 Å². The van der Waals surface area contributed by atoms with Crippen LogP contribution in [0.4, 0.5) is 11.4 Å². The molecule has 0 aromatic heterocycles. The summed E-state index contributed by atoms with van der Waals surface area (Å²) >= 11 is 0. The van der Waals surface area contributed by atoms with Crippen LogP contribution in [0.5, 0.6) is 5.75 Å². The van der Waals surface area contributed by atoms with Crippen LogP contribution in [0.25, 0.3) is 0 Å². The normalized spacial score (nSPS) is 16.0. The van der Waals surface area contributed by atoms with Gasteiger partial charge in [0.15, 0.2) is 6.10 Å². The van der Waals surface area contributed by atoms with Crippen molar-refractivity contribution in [1.82, 2.24) is 5.32 Å². The van der Waals surface area contributed by atoms with Gasteiger partial charge in [0, 0.05) is 19.5 Å². The zero-order chi connectivity index (χ0) is 23.5. The quantitative estimate of drug-likeness (QED) is 0.691. The number of nitrogens with zero attached hydrogens (tertiary/aromatic N) is 1. The Hall–Kier alpha value is -3.07. The molecule has 2 amide bonds. The highest BCUT2D eigenvalue weighted by Crippen LogP contribution is 2.35. The van der Waals surface area contributed by atoms with Crippen LogP contribution in [0.1, 0.15) is 36.2 Å². The van der Waals surface area contributed by atoms with E-state index in [1.165, 1.54) is 4.31 Å². The SMILES string of the molecule is Cc1ccc2c(c1)N(S(C)(=O)=O)CCC(C(=O)Nc1ccccc1C(=O)NCC(C)C)O2. The molecule has 0 fully saturated rings. The summed E-state index contributed by atoms with van der Waals surface area (Å²) in [6, 6.07) is 11.9. The molecule has 3 rings (SSSR count). The van der Waals surface area contributed by atoms with E-state index < -0.39 is 22.0 Å². The number of hydrogen-bond acceptors (Lipinski definition) is 5. The van der Waals surface area contributed by atoms with Crippen molar-refractivity contribution in [1.29, 1.82) is 0 Å². The number of carbonyl (C=O) groups is 2. The summed E-state index contributed by atoms with van der Waals surface area (Å²) in [4.78, 5) is 25.6. The molecule has 1 unspecified atom stereocenters. The molecule has 1 aliphatic rings. The second kappa shape index (κ2) is 9.60. The molecular formula is C23H29N3O5S. The van der Waals surface area contributed by atoms with Crippen LogP contribution in [0.15, 0.2) is 42.5 Å². The van der Waals surface area contributed by atoms with Gasteiger partial charge in [0.05, 0.1) is 23.2 Å². The molecular weight excluding hydrogens is 430 g/mol. The summed E-state index contributed by atoms with van der Waals surface area (Å²) in [5, 5.41) is 5.63. The molecule has 0 saturated heterocycles. The smallest absolute Gasteiger partial charge is 0.265 e. The average molecular weight is 460 g/mol. The molecule has 0 spiro atoms. The standard InChI is InChI=1S/C23H29N3O5S/c1-15(2)14-24-22(27)17-7-5-6-8-18(17)25-23(28)21-11-12-26(32(4,29)30)19-13-16(3)9-10-20(19)31-21/h5-10,13,15,21H,11-12,14H2,1-4H3,(H,24,27)(H,25,28). The van der Waals surface area contributed by atoms with E-state index in [1.807, 2.05) is 20.8 Å². The predicted octanol–water partition coefficient (Wildman–Crippen LogP) is 2.94. The second-order valence-corrected chi connectivity index (χ2v) is 10.2. The van der Waals surface area contributed by atoms with E-state index in [0.717, 1.165) is 11.8 Å². The largest absolute Gasteiger partial charge is 0.478 e. The molecule has 2 N–H and O–H groups in total. The molecule has 2 aromatic rings. The summed E-state index contributed by atoms with van der Waals surface area (Å²) in [6.45, 7) is 6.47. The lowest BCUT2D eigenvalue weighted by molar-refractivity contribution is -0.122. The molecule has 1 heterocycles. The highest BCUT2D eigenvalue weighted by Gasteiger charge is 2.31. The fourth-order valence-electron chi connectivity index (χ4n) is 3.41. The van der Waals surface area contributed by atoms with Crippen molar-refractivity contribution in [3.63, 3.8) is 0 Å². The summed E-state index contributed by atoms with van der Waals surface area (Å²) in [5.74, 6) is -0.111. The molecule has 0 aliphatic carbocycles. The number of carbonyl (C=O) groups excluding carboxylic acids is 2. The molecule has 0 bridgehead atoms. The zero-order valence-corrected chi connectivity index (χ0v) is 19.5. The van der Waals surface area contributed by atoms with Crippen LogP contribution in [0.3, 0.4) is 0 Å². The van der Waals surface area contributed by atoms with Gasteiger partial charge in [0.25, 0.3) is 11.8 Å². The van der Waals surface area contributed by atoms with Crippen molar-refractivity contribution in [2.24, 2.45) is 5.92 Å². The van der Waals surface area contributed by atoms with Crippen LogP contribution >= 0.6 is 0 Å². The van der Waals surface area contributed by atoms with E-state index in [0.29, 0.717) is 35.2 Å². The fraction of sp³-hybridized carbons (Fsp3) is 0.391. The van der Waals surface area contributed by atoms with Gasteiger partial charge in [-0.25, -0.2) is 8.42 Å². The van der Waals surface area contributed by atoms with Gasteiger partial charge in [-0.05, 0) is 42.7 Å². The first-order valence-corrected chi connectivity index (χ1v) is 12.3. The average Bonchev–Trinajstić information content (AvgIpc) is 2.91. The monoisotopic (exact) mass is 459 g/mol. The lowest BCUT2D eigenvalue weighted by Gasteiger charge is -2.21. The fourth-order valence-corrected chi connectivity index (χ4v) is 4.35. The highest BCUT2D eigenvalue weighted by atomic mass is 32.2. The molecule has 1 atom stereocenters. The number of para-hydroxylation sites is 1. The maximum atomic E-state index is 13.1. The number of aryl methyl sites for hydroxylation is 1. The van der Waals surface area contributed by atoms with Crippen LogP contribution in [0, 0.1) is 12.8 Å². The Labute approximate surface area is 189 Å². The lowest BCUT2D eigenvalue weighted by Crippen LogP contribution is -2.36. The number of ether oxygens (including phenoxy) is 1. The minimum absolute atomic E-state index is 0.101. The summed E-state index contributed by atoms with van der Waals surface area (Å²) in [6.07, 6.45) is 0.370. The Morgan fingerprint density at radius 2 is 1.91 bits per heavy atom. The number of benzene rings is 2. The van der Waals surface area contributed by atoms with Crippen LogP contribution in [-0.4, -0.2) is 45.7 Å². The first-order chi connectivity index (χ1) is 15.1. The van der Waals surface area contributed by atoms with E-state index in [-0.39, 0.29) is 18.9 Å². The second-order valence-electron chi connectivity index (χ2n) is 8.34. The third kappa shape index (κ3) is 5.59. The number of sulfonamides is 1. The molecule has 8 nitrogen and oxygen atoms in total. The molecule has 0 radical (unpaired) electrons. The predicted molar refractivity (Wildman–Crippen MR) is 125 cm³/mol. The molecule has 0 saturated carbocycles. The van der Waals surface area contributed by atoms with Gasteiger partial charge in [0.1, 0.15) is 5.75 Å². The van der Waals surface area contributed by atoms with Gasteiger partial charge in [0.2, 0.25) is 10.0 Å². The van der Waals surface area contributed by atoms with E-state index in [9.17, 15) is 18.0 Å². The van der Waals surface area contributed by atoms with Crippen molar-refractivity contribution < 1.29 is 22.7 Å². The Morgan fingerprint density at radius 3 is 2.59 bits per heavy atom. The van der Waals surface area contributed by atoms with Crippen molar-refractivity contribution in [3.8, 4) is 5.75 Å². The first-order valence-electron chi connectivity index (χ1n) is 10.5. The summed E-state index contributed by atoms with van der Waals surface area (Å²) in [5.41, 5.74) is 2.01. The van der Waals surface area contributed by atoms with Crippen molar-refractivity contribution in [3.05, 3.63) is 53.6 Å². The zero-order valence-electron chi connectivity index (χ0n) is 18.7. The van der Waals surface area contributed by atoms with Crippen LogP contribution in [-0.2, 0) is 14.8 Å². The van der Waals surface area contributed by atoms with E-state index in [4.69, 9.17) is 4.74 Å². The third-order valence-corrected chi connectivity index (χ3v) is 6.22. The Balaban J connectivity index is 1.83. The number of rotatable bonds is 6. The Bertz CT molecular complexity index is 1110. The van der Waals surface area contributed by atoms with Gasteiger partial charge in [-0.15, -0.1) is 0 Å². The Kier molecular flexibility index (Phi) is 7.08. The number of anilines is 2. The van der Waals surface area contributed by atoms with Crippen molar-refractivity contribution in [2.45, 2.75) is 33.3 Å². The van der Waals surface area contributed by atoms with E-state index in [2.05, 4.69) is 10.6 Å². The molecule has 32 heavy (non-hydrogen) atoms. The molecule has 2 aromatic carbocycles. The number of nitrogens with one attached hydrogen (secondary N) is 2.